The fourth-order valence-corrected chi connectivity index (χ4v) is 1.64. The van der Waals surface area contributed by atoms with Crippen molar-refractivity contribution < 1.29 is 14.3 Å². The van der Waals surface area contributed by atoms with Crippen molar-refractivity contribution in [1.82, 2.24) is 10.3 Å². The number of carbonyl (C=O) groups is 1. The number of carbonyl (C=O) groups excluding carboxylic acids is 1. The molecule has 1 aromatic rings. The molecule has 1 aromatic heterocycles. The van der Waals surface area contributed by atoms with Crippen LogP contribution >= 0.6 is 11.6 Å². The van der Waals surface area contributed by atoms with Gasteiger partial charge in [0.25, 0.3) is 0 Å². The number of esters is 1. The highest BCUT2D eigenvalue weighted by Crippen LogP contribution is 2.07. The van der Waals surface area contributed by atoms with Crippen LogP contribution in [0.5, 0.6) is 0 Å². The van der Waals surface area contributed by atoms with Crippen LogP contribution in [-0.4, -0.2) is 30.8 Å². The second-order valence-electron chi connectivity index (χ2n) is 4.29. The molecule has 0 radical (unpaired) electrons. The average molecular weight is 324 g/mol. The van der Waals surface area contributed by atoms with Gasteiger partial charge < -0.3 is 14.8 Å². The van der Waals surface area contributed by atoms with Gasteiger partial charge in [-0.1, -0.05) is 17.7 Å². The summed E-state index contributed by atoms with van der Waals surface area (Å²) in [6.45, 7) is 4.89. The maximum Gasteiger partial charge on any atom is 0.350 e. The zero-order chi connectivity index (χ0) is 16.4. The van der Waals surface area contributed by atoms with Gasteiger partial charge in [0, 0.05) is 25.0 Å². The summed E-state index contributed by atoms with van der Waals surface area (Å²) in [6, 6.07) is 5.33. The van der Waals surface area contributed by atoms with E-state index in [-0.39, 0.29) is 12.2 Å². The Hall–Kier alpha value is -2.10. The number of hydrogen-bond donors (Lipinski definition) is 1. The minimum absolute atomic E-state index is 0.0570. The Kier molecular flexibility index (Phi) is 7.97. The predicted molar refractivity (Wildman–Crippen MR) is 81.9 cm³/mol. The number of aromatic nitrogens is 1. The Balaban J connectivity index is 2.57. The molecule has 0 saturated carbocycles. The summed E-state index contributed by atoms with van der Waals surface area (Å²) in [6.07, 6.45) is 1.62. The monoisotopic (exact) mass is 323 g/mol. The second-order valence-corrected chi connectivity index (χ2v) is 4.67. The Morgan fingerprint density at radius 1 is 1.45 bits per heavy atom. The molecule has 0 spiro atoms. The Bertz CT molecular complexity index is 564. The third kappa shape index (κ3) is 6.12. The largest absolute Gasteiger partial charge is 0.459 e. The van der Waals surface area contributed by atoms with Gasteiger partial charge in [-0.15, -0.1) is 0 Å². The van der Waals surface area contributed by atoms with Crippen molar-refractivity contribution in [3.63, 3.8) is 0 Å². The summed E-state index contributed by atoms with van der Waals surface area (Å²) in [5, 5.41) is 12.5. The van der Waals surface area contributed by atoms with E-state index < -0.39 is 5.97 Å². The lowest BCUT2D eigenvalue weighted by molar-refractivity contribution is -0.140. The van der Waals surface area contributed by atoms with Gasteiger partial charge in [-0.05, 0) is 25.5 Å². The van der Waals surface area contributed by atoms with Crippen LogP contribution in [0.3, 0.4) is 0 Å². The highest BCUT2D eigenvalue weighted by Gasteiger charge is 2.14. The molecule has 22 heavy (non-hydrogen) atoms. The number of hydrogen-bond acceptors (Lipinski definition) is 6. The van der Waals surface area contributed by atoms with Crippen LogP contribution in [0.1, 0.15) is 19.4 Å². The van der Waals surface area contributed by atoms with Crippen molar-refractivity contribution >= 4 is 17.6 Å². The van der Waals surface area contributed by atoms with E-state index in [1.165, 1.54) is 0 Å². The van der Waals surface area contributed by atoms with Crippen molar-refractivity contribution in [1.29, 1.82) is 5.26 Å². The number of allylic oxidation sites excluding steroid dienone is 1. The first-order valence-corrected chi connectivity index (χ1v) is 7.16. The van der Waals surface area contributed by atoms with Gasteiger partial charge in [0.15, 0.2) is 5.57 Å². The number of rotatable bonds is 8. The van der Waals surface area contributed by atoms with Crippen molar-refractivity contribution in [3.05, 3.63) is 40.3 Å². The van der Waals surface area contributed by atoms with Crippen molar-refractivity contribution in [2.45, 2.75) is 20.4 Å². The minimum Gasteiger partial charge on any atom is -0.459 e. The molecule has 1 N–H and O–H groups in total. The zero-order valence-corrected chi connectivity index (χ0v) is 13.3. The molecule has 0 saturated heterocycles. The van der Waals surface area contributed by atoms with Crippen LogP contribution in [-0.2, 0) is 20.8 Å². The molecule has 6 nitrogen and oxygen atoms in total. The summed E-state index contributed by atoms with van der Waals surface area (Å²) in [5.41, 5.74) is 1.27. The lowest BCUT2D eigenvalue weighted by Gasteiger charge is -2.09. The van der Waals surface area contributed by atoms with E-state index >= 15 is 0 Å². The molecule has 0 fully saturated rings. The van der Waals surface area contributed by atoms with E-state index in [9.17, 15) is 4.79 Å². The van der Waals surface area contributed by atoms with E-state index in [1.807, 2.05) is 19.1 Å². The molecule has 0 atom stereocenters. The van der Waals surface area contributed by atoms with Crippen LogP contribution in [0.25, 0.3) is 0 Å². The normalized spacial score (nSPS) is 11.4. The Morgan fingerprint density at radius 2 is 2.23 bits per heavy atom. The van der Waals surface area contributed by atoms with E-state index in [1.54, 1.807) is 19.2 Å². The highest BCUT2D eigenvalue weighted by atomic mass is 35.5. The number of ether oxygens (including phenoxy) is 2. The van der Waals surface area contributed by atoms with Gasteiger partial charge in [0.2, 0.25) is 0 Å². The van der Waals surface area contributed by atoms with Gasteiger partial charge in [0.05, 0.1) is 6.61 Å². The van der Waals surface area contributed by atoms with Gasteiger partial charge >= 0.3 is 5.97 Å². The molecule has 0 bridgehead atoms. The molecular weight excluding hydrogens is 306 g/mol. The molecule has 0 aliphatic heterocycles. The highest BCUT2D eigenvalue weighted by molar-refractivity contribution is 6.29. The third-order valence-corrected chi connectivity index (χ3v) is 2.93. The van der Waals surface area contributed by atoms with Gasteiger partial charge in [0.1, 0.15) is 17.8 Å². The van der Waals surface area contributed by atoms with E-state index in [0.29, 0.717) is 30.6 Å². The van der Waals surface area contributed by atoms with Crippen LogP contribution in [0, 0.1) is 11.3 Å². The molecule has 0 aliphatic rings. The summed E-state index contributed by atoms with van der Waals surface area (Å²) in [4.78, 5) is 15.8. The molecule has 1 heterocycles. The topological polar surface area (TPSA) is 84.2 Å². The SMILES string of the molecule is CCOCCOC(=O)/C(C#N)=C(/C)NCc1ccc(Cl)nc1. The second kappa shape index (κ2) is 9.77. The van der Waals surface area contributed by atoms with E-state index in [2.05, 4.69) is 10.3 Å². The number of nitrogens with one attached hydrogen (secondary N) is 1. The molecule has 0 aliphatic carbocycles. The Labute approximate surface area is 134 Å². The summed E-state index contributed by atoms with van der Waals surface area (Å²) in [7, 11) is 0. The van der Waals surface area contributed by atoms with Crippen LogP contribution < -0.4 is 5.32 Å². The molecular formula is C15H18ClN3O3. The number of halogens is 1. The standard InChI is InChI=1S/C15H18ClN3O3/c1-3-21-6-7-22-15(20)13(8-17)11(2)18-9-12-4-5-14(16)19-10-12/h4-5,10,18H,3,6-7,9H2,1-2H3/b13-11-. The fraction of sp³-hybridized carbons (Fsp3) is 0.400. The average Bonchev–Trinajstić information content (AvgIpc) is 2.52. The molecule has 118 valence electrons. The first kappa shape index (κ1) is 18.0. The number of nitriles is 1. The predicted octanol–water partition coefficient (Wildman–Crippen LogP) is 2.20. The molecule has 0 aromatic carbocycles. The third-order valence-electron chi connectivity index (χ3n) is 2.70. The summed E-state index contributed by atoms with van der Waals surface area (Å²) < 4.78 is 10.0. The summed E-state index contributed by atoms with van der Waals surface area (Å²) in [5.74, 6) is -0.665. The quantitative estimate of drug-likeness (QED) is 0.259. The smallest absolute Gasteiger partial charge is 0.350 e. The van der Waals surface area contributed by atoms with Gasteiger partial charge in [-0.25, -0.2) is 9.78 Å². The maximum absolute atomic E-state index is 11.8. The molecule has 0 amide bonds. The van der Waals surface area contributed by atoms with Gasteiger partial charge in [-0.3, -0.25) is 0 Å². The van der Waals surface area contributed by atoms with Crippen LogP contribution in [0.15, 0.2) is 29.6 Å². The fourth-order valence-electron chi connectivity index (χ4n) is 1.53. The van der Waals surface area contributed by atoms with Crippen molar-refractivity contribution in [2.24, 2.45) is 0 Å². The first-order chi connectivity index (χ1) is 10.6. The minimum atomic E-state index is -0.665. The van der Waals surface area contributed by atoms with Gasteiger partial charge in [-0.2, -0.15) is 5.26 Å². The lowest BCUT2D eigenvalue weighted by Crippen LogP contribution is -2.19. The van der Waals surface area contributed by atoms with Crippen LogP contribution in [0.4, 0.5) is 0 Å². The molecule has 7 heteroatoms. The van der Waals surface area contributed by atoms with E-state index in [4.69, 9.17) is 26.3 Å². The van der Waals surface area contributed by atoms with Crippen molar-refractivity contribution in [3.8, 4) is 6.07 Å². The number of nitrogens with zero attached hydrogens (tertiary/aromatic N) is 2. The van der Waals surface area contributed by atoms with Crippen molar-refractivity contribution in [2.75, 3.05) is 19.8 Å². The molecule has 1 rings (SSSR count). The first-order valence-electron chi connectivity index (χ1n) is 6.78. The zero-order valence-electron chi connectivity index (χ0n) is 12.6. The Morgan fingerprint density at radius 3 is 2.82 bits per heavy atom. The van der Waals surface area contributed by atoms with E-state index in [0.717, 1.165) is 5.56 Å². The number of pyridine rings is 1. The summed E-state index contributed by atoms with van der Waals surface area (Å²) >= 11 is 5.70. The maximum atomic E-state index is 11.8. The van der Waals surface area contributed by atoms with Crippen LogP contribution in [0.2, 0.25) is 5.15 Å². The lowest BCUT2D eigenvalue weighted by atomic mass is 10.2. The molecule has 0 unspecified atom stereocenters.